The van der Waals surface area contributed by atoms with Gasteiger partial charge in [0.25, 0.3) is 0 Å². The van der Waals surface area contributed by atoms with Crippen molar-refractivity contribution < 1.29 is 13.2 Å². The van der Waals surface area contributed by atoms with Crippen molar-refractivity contribution in [3.63, 3.8) is 0 Å². The van der Waals surface area contributed by atoms with Gasteiger partial charge in [-0.05, 0) is 40.5 Å². The molecule has 17 heavy (non-hydrogen) atoms. The summed E-state index contributed by atoms with van der Waals surface area (Å²) >= 11 is 3.35. The van der Waals surface area contributed by atoms with Crippen molar-refractivity contribution in [2.75, 3.05) is 13.4 Å². The minimum atomic E-state index is -3.15. The van der Waals surface area contributed by atoms with Crippen molar-refractivity contribution in [3.05, 3.63) is 28.2 Å². The molecule has 0 aliphatic carbocycles. The molecule has 2 N–H and O–H groups in total. The summed E-state index contributed by atoms with van der Waals surface area (Å²) in [5.41, 5.74) is 6.70. The van der Waals surface area contributed by atoms with E-state index in [1.54, 1.807) is 32.2 Å². The van der Waals surface area contributed by atoms with Gasteiger partial charge in [-0.1, -0.05) is 6.07 Å². The molecule has 0 aromatic heterocycles. The Labute approximate surface area is 110 Å². The highest BCUT2D eigenvalue weighted by molar-refractivity contribution is 9.10. The number of hydrogen-bond acceptors (Lipinski definition) is 4. The predicted octanol–water partition coefficient (Wildman–Crippen LogP) is 1.89. The van der Waals surface area contributed by atoms with E-state index in [1.807, 2.05) is 0 Å². The Morgan fingerprint density at radius 2 is 2.00 bits per heavy atom. The molecular formula is C11H16BrNO3S. The summed E-state index contributed by atoms with van der Waals surface area (Å²) < 4.78 is 28.7. The van der Waals surface area contributed by atoms with E-state index < -0.39 is 21.1 Å². The third kappa shape index (κ3) is 3.43. The van der Waals surface area contributed by atoms with Crippen LogP contribution in [-0.4, -0.2) is 27.0 Å². The van der Waals surface area contributed by atoms with Crippen LogP contribution in [0.5, 0.6) is 5.75 Å². The van der Waals surface area contributed by atoms with Crippen LogP contribution in [0.4, 0.5) is 0 Å². The largest absolute Gasteiger partial charge is 0.496 e. The molecular weight excluding hydrogens is 306 g/mol. The van der Waals surface area contributed by atoms with E-state index >= 15 is 0 Å². The van der Waals surface area contributed by atoms with E-state index in [1.165, 1.54) is 6.26 Å². The van der Waals surface area contributed by atoms with Gasteiger partial charge in [0.15, 0.2) is 9.84 Å². The molecule has 0 spiro atoms. The topological polar surface area (TPSA) is 69.4 Å². The van der Waals surface area contributed by atoms with Crippen LogP contribution in [0.25, 0.3) is 0 Å². The Morgan fingerprint density at radius 3 is 2.41 bits per heavy atom. The van der Waals surface area contributed by atoms with Crippen LogP contribution >= 0.6 is 15.9 Å². The smallest absolute Gasteiger partial charge is 0.151 e. The Bertz CT molecular complexity index is 501. The van der Waals surface area contributed by atoms with Gasteiger partial charge in [0, 0.05) is 12.3 Å². The lowest BCUT2D eigenvalue weighted by Crippen LogP contribution is -2.30. The van der Waals surface area contributed by atoms with Crippen LogP contribution in [0.1, 0.15) is 18.5 Å². The average molecular weight is 322 g/mol. The first-order valence-electron chi connectivity index (χ1n) is 5.05. The third-order valence-corrected chi connectivity index (χ3v) is 5.01. The van der Waals surface area contributed by atoms with Crippen LogP contribution in [-0.2, 0) is 9.84 Å². The number of hydrogen-bond donors (Lipinski definition) is 1. The van der Waals surface area contributed by atoms with Gasteiger partial charge < -0.3 is 10.5 Å². The third-order valence-electron chi connectivity index (χ3n) is 2.74. The van der Waals surface area contributed by atoms with Crippen molar-refractivity contribution in [1.29, 1.82) is 0 Å². The summed E-state index contributed by atoms with van der Waals surface area (Å²) in [5, 5.41) is -0.622. The molecule has 6 heteroatoms. The van der Waals surface area contributed by atoms with E-state index in [4.69, 9.17) is 10.5 Å². The number of methoxy groups -OCH3 is 1. The quantitative estimate of drug-likeness (QED) is 0.919. The maximum absolute atomic E-state index is 11.4. The fourth-order valence-corrected chi connectivity index (χ4v) is 2.68. The van der Waals surface area contributed by atoms with Crippen LogP contribution in [0, 0.1) is 0 Å². The molecule has 0 aliphatic rings. The Morgan fingerprint density at radius 1 is 1.41 bits per heavy atom. The molecule has 0 saturated heterocycles. The normalized spacial score (nSPS) is 15.4. The number of benzene rings is 1. The Balaban J connectivity index is 3.05. The van der Waals surface area contributed by atoms with Crippen molar-refractivity contribution in [2.45, 2.75) is 18.2 Å². The van der Waals surface area contributed by atoms with Gasteiger partial charge >= 0.3 is 0 Å². The summed E-state index contributed by atoms with van der Waals surface area (Å²) in [6.45, 7) is 1.61. The van der Waals surface area contributed by atoms with Crippen molar-refractivity contribution in [2.24, 2.45) is 5.73 Å². The van der Waals surface area contributed by atoms with Crippen LogP contribution < -0.4 is 10.5 Å². The lowest BCUT2D eigenvalue weighted by Gasteiger charge is -2.19. The summed E-state index contributed by atoms with van der Waals surface area (Å²) in [4.78, 5) is 0. The standard InChI is InChI=1S/C11H16BrNO3S/c1-7(17(3,14)15)11(13)8-4-5-10(16-2)9(12)6-8/h4-7,11H,13H2,1-3H3. The molecule has 1 rings (SSSR count). The molecule has 0 bridgehead atoms. The molecule has 0 amide bonds. The molecule has 2 unspecified atom stereocenters. The Kier molecular flexibility index (Phi) is 4.57. The van der Waals surface area contributed by atoms with Gasteiger partial charge in [-0.25, -0.2) is 8.42 Å². The summed E-state index contributed by atoms with van der Waals surface area (Å²) in [6, 6.07) is 4.77. The van der Waals surface area contributed by atoms with E-state index in [2.05, 4.69) is 15.9 Å². The minimum Gasteiger partial charge on any atom is -0.496 e. The lowest BCUT2D eigenvalue weighted by atomic mass is 10.1. The maximum Gasteiger partial charge on any atom is 0.151 e. The average Bonchev–Trinajstić information content (AvgIpc) is 2.25. The number of rotatable bonds is 4. The zero-order valence-electron chi connectivity index (χ0n) is 9.98. The highest BCUT2D eigenvalue weighted by atomic mass is 79.9. The van der Waals surface area contributed by atoms with Gasteiger partial charge in [-0.2, -0.15) is 0 Å². The molecule has 96 valence electrons. The van der Waals surface area contributed by atoms with Crippen LogP contribution in [0.2, 0.25) is 0 Å². The van der Waals surface area contributed by atoms with Gasteiger partial charge in [0.05, 0.1) is 16.8 Å². The number of ether oxygens (including phenoxy) is 1. The van der Waals surface area contributed by atoms with E-state index in [0.717, 1.165) is 10.0 Å². The minimum absolute atomic E-state index is 0.549. The summed E-state index contributed by atoms with van der Waals surface area (Å²) in [7, 11) is -1.58. The highest BCUT2D eigenvalue weighted by Gasteiger charge is 2.24. The fraction of sp³-hybridized carbons (Fsp3) is 0.455. The van der Waals surface area contributed by atoms with Crippen molar-refractivity contribution in [1.82, 2.24) is 0 Å². The molecule has 0 saturated carbocycles. The number of sulfone groups is 1. The highest BCUT2D eigenvalue weighted by Crippen LogP contribution is 2.29. The van der Waals surface area contributed by atoms with Crippen LogP contribution in [0.15, 0.2) is 22.7 Å². The zero-order valence-corrected chi connectivity index (χ0v) is 12.4. The Hall–Kier alpha value is -0.590. The second-order valence-electron chi connectivity index (χ2n) is 3.95. The first kappa shape index (κ1) is 14.5. The second kappa shape index (κ2) is 5.37. The van der Waals surface area contributed by atoms with Gasteiger partial charge in [-0.3, -0.25) is 0 Å². The van der Waals surface area contributed by atoms with Gasteiger partial charge in [0.2, 0.25) is 0 Å². The fourth-order valence-electron chi connectivity index (χ4n) is 1.43. The monoisotopic (exact) mass is 321 g/mol. The lowest BCUT2D eigenvalue weighted by molar-refractivity contribution is 0.412. The van der Waals surface area contributed by atoms with Gasteiger partial charge in [-0.15, -0.1) is 0 Å². The summed E-state index contributed by atoms with van der Waals surface area (Å²) in [6.07, 6.45) is 1.19. The first-order chi connectivity index (χ1) is 7.77. The second-order valence-corrected chi connectivity index (χ2v) is 7.21. The van der Waals surface area contributed by atoms with E-state index in [9.17, 15) is 8.42 Å². The molecule has 4 nitrogen and oxygen atoms in total. The zero-order chi connectivity index (χ0) is 13.2. The predicted molar refractivity (Wildman–Crippen MR) is 71.9 cm³/mol. The van der Waals surface area contributed by atoms with Crippen LogP contribution in [0.3, 0.4) is 0 Å². The van der Waals surface area contributed by atoms with E-state index in [-0.39, 0.29) is 0 Å². The van der Waals surface area contributed by atoms with Crippen molar-refractivity contribution in [3.8, 4) is 5.75 Å². The maximum atomic E-state index is 11.4. The molecule has 0 heterocycles. The molecule has 0 radical (unpaired) electrons. The molecule has 0 aliphatic heterocycles. The molecule has 2 atom stereocenters. The molecule has 0 fully saturated rings. The first-order valence-corrected chi connectivity index (χ1v) is 7.80. The number of nitrogens with two attached hydrogens (primary N) is 1. The SMILES string of the molecule is COc1ccc(C(N)C(C)S(C)(=O)=O)cc1Br. The van der Waals surface area contributed by atoms with Gasteiger partial charge in [0.1, 0.15) is 5.75 Å². The van der Waals surface area contributed by atoms with Crippen molar-refractivity contribution >= 4 is 25.8 Å². The molecule has 1 aromatic carbocycles. The van der Waals surface area contributed by atoms with E-state index in [0.29, 0.717) is 5.75 Å². The summed E-state index contributed by atoms with van der Waals surface area (Å²) in [5.74, 6) is 0.688. The number of halogens is 1. The molecule has 1 aromatic rings.